The second-order valence-corrected chi connectivity index (χ2v) is 5.60. The normalized spacial score (nSPS) is 10.7. The van der Waals surface area contributed by atoms with Crippen LogP contribution in [0.3, 0.4) is 0 Å². The maximum Gasteiger partial charge on any atom is 0.253 e. The fraction of sp³-hybridized carbons (Fsp3) is 0.222. The number of ether oxygens (including phenoxy) is 1. The third kappa shape index (κ3) is 3.34. The second kappa shape index (κ2) is 6.12. The van der Waals surface area contributed by atoms with E-state index in [1.165, 1.54) is 0 Å². The van der Waals surface area contributed by atoms with Crippen molar-refractivity contribution >= 4 is 16.7 Å². The number of nitrogens with one attached hydrogen (secondary N) is 2. The highest BCUT2D eigenvalue weighted by Crippen LogP contribution is 2.19. The monoisotopic (exact) mass is 309 g/mol. The lowest BCUT2D eigenvalue weighted by Crippen LogP contribution is -2.16. The van der Waals surface area contributed by atoms with Gasteiger partial charge in [0.1, 0.15) is 11.6 Å². The van der Waals surface area contributed by atoms with E-state index in [1.807, 2.05) is 50.2 Å². The molecule has 1 aromatic carbocycles. The predicted octanol–water partition coefficient (Wildman–Crippen LogP) is 3.16. The van der Waals surface area contributed by atoms with E-state index in [0.29, 0.717) is 12.1 Å². The van der Waals surface area contributed by atoms with Crippen molar-refractivity contribution in [3.05, 3.63) is 63.6 Å². The van der Waals surface area contributed by atoms with Gasteiger partial charge in [-0.1, -0.05) is 0 Å². The third-order valence-electron chi connectivity index (χ3n) is 3.69. The van der Waals surface area contributed by atoms with E-state index in [0.717, 1.165) is 33.7 Å². The van der Waals surface area contributed by atoms with Crippen LogP contribution in [0.15, 0.2) is 41.2 Å². The quantitative estimate of drug-likeness (QED) is 0.777. The molecule has 0 fully saturated rings. The maximum absolute atomic E-state index is 12.2. The van der Waals surface area contributed by atoms with Crippen LogP contribution in [0.5, 0.6) is 5.75 Å². The molecule has 0 aliphatic rings. The van der Waals surface area contributed by atoms with Crippen LogP contribution in [0.4, 0.5) is 5.82 Å². The summed E-state index contributed by atoms with van der Waals surface area (Å²) >= 11 is 0. The molecule has 0 bridgehead atoms. The van der Waals surface area contributed by atoms with Crippen LogP contribution >= 0.6 is 0 Å². The zero-order chi connectivity index (χ0) is 16.4. The molecule has 0 aliphatic carbocycles. The molecule has 0 radical (unpaired) electrons. The van der Waals surface area contributed by atoms with Crippen LogP contribution in [0, 0.1) is 13.8 Å². The van der Waals surface area contributed by atoms with E-state index in [4.69, 9.17) is 4.74 Å². The number of rotatable bonds is 4. The first-order chi connectivity index (χ1) is 11.0. The average molecular weight is 309 g/mol. The molecule has 0 saturated carbocycles. The number of aryl methyl sites for hydroxylation is 2. The van der Waals surface area contributed by atoms with Crippen LogP contribution in [-0.2, 0) is 6.54 Å². The standard InChI is InChI=1S/C18H19N3O2/c1-11-6-12(2)20-17(7-11)19-10-14-8-13-9-15(23-3)4-5-16(13)21-18(14)22/h4-9H,10H2,1-3H3,(H,19,20)(H,21,22). The number of benzene rings is 1. The molecule has 118 valence electrons. The summed E-state index contributed by atoms with van der Waals surface area (Å²) < 4.78 is 5.23. The SMILES string of the molecule is COc1ccc2[nH]c(=O)c(CNc3cc(C)cc(C)n3)cc2c1. The highest BCUT2D eigenvalue weighted by atomic mass is 16.5. The molecule has 2 aromatic heterocycles. The summed E-state index contributed by atoms with van der Waals surface area (Å²) in [6.45, 7) is 4.39. The zero-order valence-corrected chi connectivity index (χ0v) is 13.4. The van der Waals surface area contributed by atoms with E-state index >= 15 is 0 Å². The van der Waals surface area contributed by atoms with Crippen LogP contribution < -0.4 is 15.6 Å². The predicted molar refractivity (Wildman–Crippen MR) is 92.2 cm³/mol. The Kier molecular flexibility index (Phi) is 4.02. The largest absolute Gasteiger partial charge is 0.497 e. The molecule has 0 unspecified atom stereocenters. The van der Waals surface area contributed by atoms with Gasteiger partial charge in [-0.3, -0.25) is 4.79 Å². The summed E-state index contributed by atoms with van der Waals surface area (Å²) in [6.07, 6.45) is 0. The molecule has 0 amide bonds. The summed E-state index contributed by atoms with van der Waals surface area (Å²) in [5.74, 6) is 1.53. The Balaban J connectivity index is 1.89. The zero-order valence-electron chi connectivity index (χ0n) is 13.4. The van der Waals surface area contributed by atoms with Gasteiger partial charge < -0.3 is 15.0 Å². The summed E-state index contributed by atoms with van der Waals surface area (Å²) in [6, 6.07) is 11.4. The summed E-state index contributed by atoms with van der Waals surface area (Å²) in [7, 11) is 1.63. The van der Waals surface area contributed by atoms with Crippen molar-refractivity contribution in [3.8, 4) is 5.75 Å². The lowest BCUT2D eigenvalue weighted by atomic mass is 10.1. The minimum Gasteiger partial charge on any atom is -0.497 e. The van der Waals surface area contributed by atoms with Crippen LogP contribution in [0.1, 0.15) is 16.8 Å². The second-order valence-electron chi connectivity index (χ2n) is 5.60. The molecule has 0 atom stereocenters. The number of pyridine rings is 2. The van der Waals surface area contributed by atoms with Crippen molar-refractivity contribution in [1.29, 1.82) is 0 Å². The van der Waals surface area contributed by atoms with Gasteiger partial charge in [0, 0.05) is 28.7 Å². The molecule has 0 saturated heterocycles. The summed E-state index contributed by atoms with van der Waals surface area (Å²) in [5.41, 5.74) is 3.44. The van der Waals surface area contributed by atoms with Crippen LogP contribution in [0.2, 0.25) is 0 Å². The summed E-state index contributed by atoms with van der Waals surface area (Å²) in [4.78, 5) is 19.5. The van der Waals surface area contributed by atoms with E-state index < -0.39 is 0 Å². The summed E-state index contributed by atoms with van der Waals surface area (Å²) in [5, 5.41) is 4.15. The number of hydrogen-bond donors (Lipinski definition) is 2. The molecule has 5 heteroatoms. The van der Waals surface area contributed by atoms with Gasteiger partial charge in [-0.2, -0.15) is 0 Å². The van der Waals surface area contributed by atoms with E-state index in [2.05, 4.69) is 15.3 Å². The van der Waals surface area contributed by atoms with Gasteiger partial charge in [-0.15, -0.1) is 0 Å². The first-order valence-corrected chi connectivity index (χ1v) is 7.44. The van der Waals surface area contributed by atoms with Crippen molar-refractivity contribution in [2.24, 2.45) is 0 Å². The number of fused-ring (bicyclic) bond motifs is 1. The lowest BCUT2D eigenvalue weighted by Gasteiger charge is -2.09. The molecule has 0 spiro atoms. The number of methoxy groups -OCH3 is 1. The molecule has 3 aromatic rings. The van der Waals surface area contributed by atoms with Crippen LogP contribution in [-0.4, -0.2) is 17.1 Å². The van der Waals surface area contributed by atoms with Gasteiger partial charge in [0.05, 0.1) is 7.11 Å². The molecule has 2 heterocycles. The molecule has 0 aliphatic heterocycles. The lowest BCUT2D eigenvalue weighted by molar-refractivity contribution is 0.415. The molecular formula is C18H19N3O2. The molecule has 5 nitrogen and oxygen atoms in total. The Hall–Kier alpha value is -2.82. The smallest absolute Gasteiger partial charge is 0.253 e. The number of aromatic amines is 1. The fourth-order valence-electron chi connectivity index (χ4n) is 2.61. The van der Waals surface area contributed by atoms with Gasteiger partial charge in [0.2, 0.25) is 0 Å². The van der Waals surface area contributed by atoms with Gasteiger partial charge in [-0.25, -0.2) is 4.98 Å². The minimum atomic E-state index is -0.0976. The number of nitrogens with zero attached hydrogens (tertiary/aromatic N) is 1. The van der Waals surface area contributed by atoms with Crippen molar-refractivity contribution in [2.45, 2.75) is 20.4 Å². The number of hydrogen-bond acceptors (Lipinski definition) is 4. The fourth-order valence-corrected chi connectivity index (χ4v) is 2.61. The Morgan fingerprint density at radius 3 is 2.74 bits per heavy atom. The van der Waals surface area contributed by atoms with E-state index in [-0.39, 0.29) is 5.56 Å². The molecular weight excluding hydrogens is 290 g/mol. The van der Waals surface area contributed by atoms with E-state index in [9.17, 15) is 4.79 Å². The third-order valence-corrected chi connectivity index (χ3v) is 3.69. The minimum absolute atomic E-state index is 0.0976. The molecule has 3 rings (SSSR count). The first kappa shape index (κ1) is 15.1. The van der Waals surface area contributed by atoms with Gasteiger partial charge in [0.15, 0.2) is 0 Å². The van der Waals surface area contributed by atoms with Crippen LogP contribution in [0.25, 0.3) is 10.9 Å². The first-order valence-electron chi connectivity index (χ1n) is 7.44. The highest BCUT2D eigenvalue weighted by molar-refractivity contribution is 5.80. The Bertz CT molecular complexity index is 896. The van der Waals surface area contributed by atoms with Crippen molar-refractivity contribution in [3.63, 3.8) is 0 Å². The highest BCUT2D eigenvalue weighted by Gasteiger charge is 2.05. The maximum atomic E-state index is 12.2. The average Bonchev–Trinajstić information content (AvgIpc) is 2.51. The topological polar surface area (TPSA) is 67.0 Å². The molecule has 2 N–H and O–H groups in total. The Morgan fingerprint density at radius 1 is 1.17 bits per heavy atom. The van der Waals surface area contributed by atoms with E-state index in [1.54, 1.807) is 7.11 Å². The van der Waals surface area contributed by atoms with Gasteiger partial charge in [0.25, 0.3) is 5.56 Å². The Labute approximate surface area is 134 Å². The number of aromatic nitrogens is 2. The van der Waals surface area contributed by atoms with Crippen molar-refractivity contribution in [1.82, 2.24) is 9.97 Å². The van der Waals surface area contributed by atoms with Crippen molar-refractivity contribution < 1.29 is 4.74 Å². The van der Waals surface area contributed by atoms with Gasteiger partial charge in [-0.05, 0) is 55.8 Å². The Morgan fingerprint density at radius 2 is 2.00 bits per heavy atom. The molecule has 23 heavy (non-hydrogen) atoms. The van der Waals surface area contributed by atoms with Crippen molar-refractivity contribution in [2.75, 3.05) is 12.4 Å². The van der Waals surface area contributed by atoms with Gasteiger partial charge >= 0.3 is 0 Å². The number of H-pyrrole nitrogens is 1. The number of anilines is 1.